The molecule has 26 heavy (non-hydrogen) atoms. The van der Waals surface area contributed by atoms with Crippen LogP contribution in [0.1, 0.15) is 54.9 Å². The summed E-state index contributed by atoms with van der Waals surface area (Å²) in [6.07, 6.45) is 4.58. The molecule has 0 spiro atoms. The lowest BCUT2D eigenvalue weighted by atomic mass is 10.1. The number of nitrogens with zero attached hydrogens (tertiary/aromatic N) is 2. The molecule has 0 atom stereocenters. The van der Waals surface area contributed by atoms with Crippen LogP contribution in [-0.2, 0) is 10.0 Å². The summed E-state index contributed by atoms with van der Waals surface area (Å²) in [5, 5.41) is 9.26. The summed E-state index contributed by atoms with van der Waals surface area (Å²) in [4.78, 5) is 14.7. The zero-order valence-corrected chi connectivity index (χ0v) is 16.6. The van der Waals surface area contributed by atoms with Gasteiger partial charge in [0.1, 0.15) is 0 Å². The Morgan fingerprint density at radius 2 is 1.88 bits per heavy atom. The van der Waals surface area contributed by atoms with Gasteiger partial charge in [-0.15, -0.1) is 0 Å². The largest absolute Gasteiger partial charge is 0.395 e. The Kier molecular flexibility index (Phi) is 7.61. The number of aliphatic hydroxyl groups excluding tert-OH is 1. The monoisotopic (exact) mass is 382 g/mol. The molecule has 0 aromatic heterocycles. The molecule has 1 N–H and O–H groups in total. The van der Waals surface area contributed by atoms with Gasteiger partial charge in [0.15, 0.2) is 0 Å². The average molecular weight is 383 g/mol. The maximum absolute atomic E-state index is 12.9. The molecule has 1 saturated heterocycles. The van der Waals surface area contributed by atoms with E-state index in [0.29, 0.717) is 25.2 Å². The number of aryl methyl sites for hydroxylation is 1. The molecule has 0 unspecified atom stereocenters. The van der Waals surface area contributed by atoms with E-state index in [1.54, 1.807) is 17.0 Å². The van der Waals surface area contributed by atoms with Crippen molar-refractivity contribution < 1.29 is 18.3 Å². The topological polar surface area (TPSA) is 77.9 Å². The Bertz CT molecular complexity index is 712. The van der Waals surface area contributed by atoms with Crippen LogP contribution in [0, 0.1) is 6.92 Å². The third-order valence-electron chi connectivity index (χ3n) is 4.83. The van der Waals surface area contributed by atoms with Gasteiger partial charge in [0.2, 0.25) is 10.0 Å². The third kappa shape index (κ3) is 4.84. The quantitative estimate of drug-likeness (QED) is 0.749. The highest BCUT2D eigenvalue weighted by Gasteiger charge is 2.27. The number of hydrogen-bond donors (Lipinski definition) is 1. The fourth-order valence-electron chi connectivity index (χ4n) is 3.20. The number of sulfonamides is 1. The van der Waals surface area contributed by atoms with Crippen LogP contribution in [0.4, 0.5) is 0 Å². The Morgan fingerprint density at radius 1 is 1.19 bits per heavy atom. The summed E-state index contributed by atoms with van der Waals surface area (Å²) < 4.78 is 27.3. The average Bonchev–Trinajstić information content (AvgIpc) is 2.65. The number of hydrogen-bond acceptors (Lipinski definition) is 4. The molecule has 1 amide bonds. The SMILES string of the molecule is CCCCN(CCO)C(=O)c1cc(S(=O)(=O)N2CCCCC2)ccc1C. The van der Waals surface area contributed by atoms with Crippen LogP contribution in [0.25, 0.3) is 0 Å². The second-order valence-corrected chi connectivity index (χ2v) is 8.75. The molecule has 0 radical (unpaired) electrons. The van der Waals surface area contributed by atoms with E-state index in [0.717, 1.165) is 37.7 Å². The van der Waals surface area contributed by atoms with Crippen molar-refractivity contribution >= 4 is 15.9 Å². The molecule has 1 aromatic carbocycles. The predicted molar refractivity (Wildman–Crippen MR) is 102 cm³/mol. The van der Waals surface area contributed by atoms with E-state index in [2.05, 4.69) is 0 Å². The van der Waals surface area contributed by atoms with Crippen molar-refractivity contribution in [2.24, 2.45) is 0 Å². The first-order valence-electron chi connectivity index (χ1n) is 9.42. The maximum atomic E-state index is 12.9. The number of unbranched alkanes of at least 4 members (excludes halogenated alkanes) is 1. The molecule has 6 nitrogen and oxygen atoms in total. The highest BCUT2D eigenvalue weighted by Crippen LogP contribution is 2.23. The molecule has 0 bridgehead atoms. The van der Waals surface area contributed by atoms with Crippen LogP contribution >= 0.6 is 0 Å². The first-order chi connectivity index (χ1) is 12.4. The van der Waals surface area contributed by atoms with E-state index in [1.807, 2.05) is 13.8 Å². The summed E-state index contributed by atoms with van der Waals surface area (Å²) in [6, 6.07) is 4.78. The first-order valence-corrected chi connectivity index (χ1v) is 10.9. The van der Waals surface area contributed by atoms with Gasteiger partial charge in [-0.1, -0.05) is 25.8 Å². The summed E-state index contributed by atoms with van der Waals surface area (Å²) >= 11 is 0. The second kappa shape index (κ2) is 9.48. The standard InChI is InChI=1S/C19H30N2O4S/c1-3-4-10-20(13-14-22)19(23)18-15-17(9-8-16(18)2)26(24,25)21-11-6-5-7-12-21/h8-9,15,22H,3-7,10-14H2,1-2H3. The molecule has 146 valence electrons. The zero-order valence-electron chi connectivity index (χ0n) is 15.8. The van der Waals surface area contributed by atoms with Gasteiger partial charge in [-0.2, -0.15) is 4.31 Å². The lowest BCUT2D eigenvalue weighted by Gasteiger charge is -2.27. The molecule has 1 aromatic rings. The Labute approximate surface area is 156 Å². The minimum atomic E-state index is -3.58. The molecule has 2 rings (SSSR count). The van der Waals surface area contributed by atoms with E-state index in [9.17, 15) is 18.3 Å². The van der Waals surface area contributed by atoms with Crippen LogP contribution < -0.4 is 0 Å². The number of piperidine rings is 1. The van der Waals surface area contributed by atoms with E-state index >= 15 is 0 Å². The Balaban J connectivity index is 2.32. The molecule has 7 heteroatoms. The number of benzene rings is 1. The minimum Gasteiger partial charge on any atom is -0.395 e. The highest BCUT2D eigenvalue weighted by atomic mass is 32.2. The van der Waals surface area contributed by atoms with Crippen LogP contribution in [0.15, 0.2) is 23.1 Å². The number of amides is 1. The number of aliphatic hydroxyl groups is 1. The van der Waals surface area contributed by atoms with E-state index in [1.165, 1.54) is 10.4 Å². The van der Waals surface area contributed by atoms with Gasteiger partial charge in [0, 0.05) is 31.7 Å². The highest BCUT2D eigenvalue weighted by molar-refractivity contribution is 7.89. The molecule has 1 fully saturated rings. The van der Waals surface area contributed by atoms with Crippen LogP contribution in [0.2, 0.25) is 0 Å². The summed E-state index contributed by atoms with van der Waals surface area (Å²) in [7, 11) is -3.58. The van der Waals surface area contributed by atoms with Crippen molar-refractivity contribution in [3.05, 3.63) is 29.3 Å². The van der Waals surface area contributed by atoms with E-state index in [4.69, 9.17) is 0 Å². The smallest absolute Gasteiger partial charge is 0.254 e. The normalized spacial score (nSPS) is 15.8. The van der Waals surface area contributed by atoms with Gasteiger partial charge in [-0.25, -0.2) is 8.42 Å². The molecular weight excluding hydrogens is 352 g/mol. The summed E-state index contributed by atoms with van der Waals surface area (Å²) in [5.74, 6) is -0.222. The molecular formula is C19H30N2O4S. The van der Waals surface area contributed by atoms with E-state index in [-0.39, 0.29) is 24.0 Å². The van der Waals surface area contributed by atoms with Crippen molar-refractivity contribution in [1.29, 1.82) is 0 Å². The lowest BCUT2D eigenvalue weighted by Crippen LogP contribution is -2.36. The van der Waals surface area contributed by atoms with Gasteiger partial charge in [0.25, 0.3) is 5.91 Å². The summed E-state index contributed by atoms with van der Waals surface area (Å²) in [6.45, 7) is 5.61. The number of rotatable bonds is 8. The maximum Gasteiger partial charge on any atom is 0.254 e. The van der Waals surface area contributed by atoms with Crippen molar-refractivity contribution in [1.82, 2.24) is 9.21 Å². The van der Waals surface area contributed by atoms with Crippen LogP contribution in [-0.4, -0.2) is 61.4 Å². The van der Waals surface area contributed by atoms with Crippen LogP contribution in [0.3, 0.4) is 0 Å². The van der Waals surface area contributed by atoms with Gasteiger partial charge in [-0.05, 0) is 43.9 Å². The van der Waals surface area contributed by atoms with Crippen molar-refractivity contribution in [3.8, 4) is 0 Å². The van der Waals surface area contributed by atoms with E-state index < -0.39 is 10.0 Å². The van der Waals surface area contributed by atoms with Crippen molar-refractivity contribution in [3.63, 3.8) is 0 Å². The number of carbonyl (C=O) groups excluding carboxylic acids is 1. The molecule has 1 heterocycles. The van der Waals surface area contributed by atoms with Gasteiger partial charge in [-0.3, -0.25) is 4.79 Å². The lowest BCUT2D eigenvalue weighted by molar-refractivity contribution is 0.0718. The summed E-state index contributed by atoms with van der Waals surface area (Å²) in [5.41, 5.74) is 1.14. The first kappa shape index (κ1) is 20.9. The van der Waals surface area contributed by atoms with Crippen molar-refractivity contribution in [2.45, 2.75) is 50.8 Å². The Hall–Kier alpha value is -1.44. The molecule has 0 saturated carbocycles. The van der Waals surface area contributed by atoms with Gasteiger partial charge in [0.05, 0.1) is 11.5 Å². The fraction of sp³-hybridized carbons (Fsp3) is 0.632. The van der Waals surface area contributed by atoms with Crippen LogP contribution in [0.5, 0.6) is 0 Å². The van der Waals surface area contributed by atoms with Gasteiger partial charge < -0.3 is 10.0 Å². The van der Waals surface area contributed by atoms with Gasteiger partial charge >= 0.3 is 0 Å². The Morgan fingerprint density at radius 3 is 2.50 bits per heavy atom. The predicted octanol–water partition coefficient (Wildman–Crippen LogP) is 2.40. The third-order valence-corrected chi connectivity index (χ3v) is 6.73. The molecule has 0 aliphatic carbocycles. The second-order valence-electron chi connectivity index (χ2n) is 6.81. The van der Waals surface area contributed by atoms with Crippen molar-refractivity contribution in [2.75, 3.05) is 32.8 Å². The molecule has 1 aliphatic heterocycles. The fourth-order valence-corrected chi connectivity index (χ4v) is 4.75. The zero-order chi connectivity index (χ0) is 19.2. The minimum absolute atomic E-state index is 0.111. The number of carbonyl (C=O) groups is 1. The molecule has 1 aliphatic rings.